The molecule has 1 aliphatic heterocycles. The number of carbonyl (C=O) groups excluding carboxylic acids is 1. The number of amides is 1. The summed E-state index contributed by atoms with van der Waals surface area (Å²) in [5.41, 5.74) is 0.405. The van der Waals surface area contributed by atoms with Crippen LogP contribution < -0.4 is 19.9 Å². The van der Waals surface area contributed by atoms with Gasteiger partial charge in [0.2, 0.25) is 11.9 Å². The van der Waals surface area contributed by atoms with E-state index >= 15 is 0 Å². The normalized spacial score (nSPS) is 16.5. The fourth-order valence-corrected chi connectivity index (χ4v) is 3.34. The molecule has 0 bridgehead atoms. The number of carbonyl (C=O) groups is 1. The minimum Gasteiger partial charge on any atom is -0.495 e. The number of anilines is 3. The number of methoxy groups -OCH3 is 1. The van der Waals surface area contributed by atoms with Gasteiger partial charge in [-0.2, -0.15) is 18.2 Å². The van der Waals surface area contributed by atoms with E-state index in [4.69, 9.17) is 4.74 Å². The minimum absolute atomic E-state index is 0.109. The number of hydrogen-bond donors (Lipinski definition) is 1. The van der Waals surface area contributed by atoms with E-state index in [1.807, 2.05) is 13.0 Å². The number of rotatable bonds is 5. The highest BCUT2D eigenvalue weighted by Gasteiger charge is 2.37. The Morgan fingerprint density at radius 1 is 1.27 bits per heavy atom. The highest BCUT2D eigenvalue weighted by atomic mass is 19.4. The molecule has 2 heterocycles. The average molecular weight is 423 g/mol. The van der Waals surface area contributed by atoms with Gasteiger partial charge in [-0.25, -0.2) is 4.98 Å². The summed E-state index contributed by atoms with van der Waals surface area (Å²) in [5.74, 6) is 0.175. The van der Waals surface area contributed by atoms with Gasteiger partial charge in [0.1, 0.15) is 17.6 Å². The lowest BCUT2D eigenvalue weighted by Gasteiger charge is -2.26. The Labute approximate surface area is 172 Å². The van der Waals surface area contributed by atoms with Gasteiger partial charge in [-0.3, -0.25) is 4.79 Å². The largest absolute Gasteiger partial charge is 0.495 e. The van der Waals surface area contributed by atoms with Crippen molar-refractivity contribution in [1.29, 1.82) is 0 Å². The van der Waals surface area contributed by atoms with Gasteiger partial charge in [0.05, 0.1) is 12.8 Å². The Morgan fingerprint density at radius 3 is 2.63 bits per heavy atom. The first-order valence-electron chi connectivity index (χ1n) is 9.46. The van der Waals surface area contributed by atoms with E-state index in [2.05, 4.69) is 15.3 Å². The molecule has 1 aliphatic rings. The van der Waals surface area contributed by atoms with Crippen LogP contribution in [0.5, 0.6) is 5.75 Å². The summed E-state index contributed by atoms with van der Waals surface area (Å²) in [6.07, 6.45) is -3.49. The van der Waals surface area contributed by atoms with Crippen LogP contribution in [0.25, 0.3) is 0 Å². The van der Waals surface area contributed by atoms with Crippen LogP contribution in [-0.2, 0) is 11.0 Å². The van der Waals surface area contributed by atoms with E-state index in [1.165, 1.54) is 16.9 Å². The number of aromatic nitrogens is 2. The Bertz CT molecular complexity index is 933. The molecule has 3 rings (SSSR count). The van der Waals surface area contributed by atoms with Gasteiger partial charge in [0.25, 0.3) is 0 Å². The average Bonchev–Trinajstić information content (AvgIpc) is 3.17. The van der Waals surface area contributed by atoms with Crippen LogP contribution in [0.2, 0.25) is 0 Å². The van der Waals surface area contributed by atoms with Crippen molar-refractivity contribution in [1.82, 2.24) is 9.97 Å². The summed E-state index contributed by atoms with van der Waals surface area (Å²) in [6.45, 7) is 2.27. The van der Waals surface area contributed by atoms with E-state index < -0.39 is 17.9 Å². The fraction of sp³-hybridized carbons (Fsp3) is 0.450. The monoisotopic (exact) mass is 423 g/mol. The maximum atomic E-state index is 13.3. The van der Waals surface area contributed by atoms with Gasteiger partial charge in [0, 0.05) is 26.7 Å². The van der Waals surface area contributed by atoms with Crippen LogP contribution in [0, 0.1) is 6.92 Å². The standard InChI is InChI=1S/C20H24F3N5O2/c1-12-7-8-15(30-4)13(10-12)24-18(29)14-6-5-9-28(14)19-25-16(20(21,22)23)11-17(26-19)27(2)3/h7-8,10-11,14H,5-6,9H2,1-4H3,(H,24,29). The number of nitrogens with zero attached hydrogens (tertiary/aromatic N) is 4. The van der Waals surface area contributed by atoms with Crippen LogP contribution in [0.1, 0.15) is 24.1 Å². The number of benzene rings is 1. The van der Waals surface area contributed by atoms with E-state index in [0.29, 0.717) is 30.8 Å². The highest BCUT2D eigenvalue weighted by Crippen LogP contribution is 2.33. The first kappa shape index (κ1) is 21.7. The van der Waals surface area contributed by atoms with Crippen molar-refractivity contribution in [2.75, 3.05) is 42.9 Å². The molecule has 10 heteroatoms. The van der Waals surface area contributed by atoms with E-state index in [9.17, 15) is 18.0 Å². The predicted molar refractivity (Wildman–Crippen MR) is 108 cm³/mol. The lowest BCUT2D eigenvalue weighted by Crippen LogP contribution is -2.41. The van der Waals surface area contributed by atoms with Crippen LogP contribution in [0.3, 0.4) is 0 Å². The first-order valence-corrected chi connectivity index (χ1v) is 9.46. The summed E-state index contributed by atoms with van der Waals surface area (Å²) >= 11 is 0. The van der Waals surface area contributed by atoms with Crippen molar-refractivity contribution in [2.24, 2.45) is 0 Å². The lowest BCUT2D eigenvalue weighted by molar-refractivity contribution is -0.141. The molecule has 1 N–H and O–H groups in total. The number of ether oxygens (including phenoxy) is 1. The van der Waals surface area contributed by atoms with Crippen LogP contribution in [0.15, 0.2) is 24.3 Å². The molecule has 1 unspecified atom stereocenters. The molecular formula is C20H24F3N5O2. The summed E-state index contributed by atoms with van der Waals surface area (Å²) in [5, 5.41) is 2.83. The third-order valence-corrected chi connectivity index (χ3v) is 4.87. The Kier molecular flexibility index (Phi) is 6.04. The van der Waals surface area contributed by atoms with Crippen LogP contribution >= 0.6 is 0 Å². The maximum Gasteiger partial charge on any atom is 0.433 e. The molecule has 0 spiro atoms. The highest BCUT2D eigenvalue weighted by molar-refractivity contribution is 5.98. The minimum atomic E-state index is -4.62. The smallest absolute Gasteiger partial charge is 0.433 e. The maximum absolute atomic E-state index is 13.3. The summed E-state index contributed by atoms with van der Waals surface area (Å²) in [6, 6.07) is 5.59. The third kappa shape index (κ3) is 4.58. The Balaban J connectivity index is 1.91. The van der Waals surface area contributed by atoms with Crippen molar-refractivity contribution in [3.63, 3.8) is 0 Å². The second-order valence-electron chi connectivity index (χ2n) is 7.35. The lowest BCUT2D eigenvalue weighted by atomic mass is 10.1. The van der Waals surface area contributed by atoms with Crippen molar-refractivity contribution < 1.29 is 22.7 Å². The van der Waals surface area contributed by atoms with Crippen molar-refractivity contribution >= 4 is 23.4 Å². The fourth-order valence-electron chi connectivity index (χ4n) is 3.34. The molecule has 1 atom stereocenters. The van der Waals surface area contributed by atoms with E-state index in [-0.39, 0.29) is 17.7 Å². The molecule has 1 saturated heterocycles. The second-order valence-corrected chi connectivity index (χ2v) is 7.35. The number of alkyl halides is 3. The molecule has 7 nitrogen and oxygen atoms in total. The Hall–Kier alpha value is -3.04. The first-order chi connectivity index (χ1) is 14.1. The summed E-state index contributed by atoms with van der Waals surface area (Å²) in [7, 11) is 4.70. The molecule has 1 amide bonds. The van der Waals surface area contributed by atoms with Gasteiger partial charge in [-0.05, 0) is 37.5 Å². The van der Waals surface area contributed by atoms with Crippen molar-refractivity contribution in [2.45, 2.75) is 32.0 Å². The zero-order valence-electron chi connectivity index (χ0n) is 17.2. The number of aryl methyl sites for hydroxylation is 1. The van der Waals surface area contributed by atoms with Gasteiger partial charge < -0.3 is 19.9 Å². The van der Waals surface area contributed by atoms with Gasteiger partial charge in [-0.15, -0.1) is 0 Å². The number of halogens is 3. The van der Waals surface area contributed by atoms with Crippen LogP contribution in [-0.4, -0.2) is 49.7 Å². The molecule has 30 heavy (non-hydrogen) atoms. The second kappa shape index (κ2) is 8.37. The molecule has 0 saturated carbocycles. The molecule has 1 aromatic heterocycles. The topological polar surface area (TPSA) is 70.6 Å². The zero-order valence-corrected chi connectivity index (χ0v) is 17.2. The van der Waals surface area contributed by atoms with Crippen molar-refractivity contribution in [3.8, 4) is 5.75 Å². The summed E-state index contributed by atoms with van der Waals surface area (Å²) in [4.78, 5) is 24.0. The Morgan fingerprint density at radius 2 is 2.00 bits per heavy atom. The molecule has 0 aliphatic carbocycles. The quantitative estimate of drug-likeness (QED) is 0.794. The van der Waals surface area contributed by atoms with Crippen molar-refractivity contribution in [3.05, 3.63) is 35.5 Å². The molecule has 162 valence electrons. The molecule has 1 fully saturated rings. The van der Waals surface area contributed by atoms with E-state index in [1.54, 1.807) is 26.2 Å². The zero-order chi connectivity index (χ0) is 22.1. The predicted octanol–water partition coefficient (Wildman–Crippen LogP) is 3.49. The van der Waals surface area contributed by atoms with E-state index in [0.717, 1.165) is 11.6 Å². The number of hydrogen-bond acceptors (Lipinski definition) is 6. The van der Waals surface area contributed by atoms with Gasteiger partial charge in [-0.1, -0.05) is 6.07 Å². The number of nitrogens with one attached hydrogen (secondary N) is 1. The molecule has 2 aromatic rings. The molecular weight excluding hydrogens is 399 g/mol. The summed E-state index contributed by atoms with van der Waals surface area (Å²) < 4.78 is 45.3. The van der Waals surface area contributed by atoms with Gasteiger partial charge in [0.15, 0.2) is 5.69 Å². The third-order valence-electron chi connectivity index (χ3n) is 4.87. The van der Waals surface area contributed by atoms with Crippen LogP contribution in [0.4, 0.5) is 30.6 Å². The molecule has 0 radical (unpaired) electrons. The SMILES string of the molecule is COc1ccc(C)cc1NC(=O)C1CCCN1c1nc(N(C)C)cc(C(F)(F)F)n1. The molecule has 1 aromatic carbocycles. The van der Waals surface area contributed by atoms with Gasteiger partial charge >= 0.3 is 6.18 Å².